The molecule has 0 aliphatic heterocycles. The van der Waals surface area contributed by atoms with Crippen LogP contribution in [0.5, 0.6) is 0 Å². The van der Waals surface area contributed by atoms with Gasteiger partial charge in [-0.05, 0) is 43.9 Å². The van der Waals surface area contributed by atoms with Gasteiger partial charge in [-0.25, -0.2) is 0 Å². The molecule has 0 radical (unpaired) electrons. The van der Waals surface area contributed by atoms with Crippen LogP contribution in [0.15, 0.2) is 0 Å². The summed E-state index contributed by atoms with van der Waals surface area (Å²) in [6.07, 6.45) is 5.94. The second-order valence-electron chi connectivity index (χ2n) is 6.15. The minimum Gasteiger partial charge on any atom is -0.393 e. The third kappa shape index (κ3) is 3.97. The first-order valence-electron chi connectivity index (χ1n) is 5.78. The van der Waals surface area contributed by atoms with Crippen molar-refractivity contribution in [3.63, 3.8) is 0 Å². The number of hydrogen-bond acceptors (Lipinski definition) is 2. The fourth-order valence-corrected chi connectivity index (χ4v) is 2.05. The Labute approximate surface area is 87.9 Å². The minimum atomic E-state index is -0.0960. The zero-order valence-electron chi connectivity index (χ0n) is 9.84. The first-order valence-corrected chi connectivity index (χ1v) is 5.78. The predicted molar refractivity (Wildman–Crippen MR) is 60.1 cm³/mol. The van der Waals surface area contributed by atoms with E-state index < -0.39 is 0 Å². The van der Waals surface area contributed by atoms with Gasteiger partial charge in [0.15, 0.2) is 0 Å². The van der Waals surface area contributed by atoms with E-state index in [4.69, 9.17) is 5.73 Å². The Morgan fingerprint density at radius 1 is 1.29 bits per heavy atom. The summed E-state index contributed by atoms with van der Waals surface area (Å²) in [5.41, 5.74) is 6.70. The molecule has 84 valence electrons. The summed E-state index contributed by atoms with van der Waals surface area (Å²) in [4.78, 5) is 0. The Morgan fingerprint density at radius 2 is 1.79 bits per heavy atom. The maximum absolute atomic E-state index is 9.41. The highest BCUT2D eigenvalue weighted by molar-refractivity contribution is 4.90. The van der Waals surface area contributed by atoms with Crippen LogP contribution >= 0.6 is 0 Å². The molecule has 2 heteroatoms. The normalized spacial score (nSPS) is 34.5. The van der Waals surface area contributed by atoms with Crippen molar-refractivity contribution in [3.05, 3.63) is 0 Å². The van der Waals surface area contributed by atoms with Crippen molar-refractivity contribution < 1.29 is 5.11 Å². The molecule has 0 atom stereocenters. The highest BCUT2D eigenvalue weighted by atomic mass is 16.3. The van der Waals surface area contributed by atoms with Crippen molar-refractivity contribution >= 4 is 0 Å². The molecule has 0 heterocycles. The van der Waals surface area contributed by atoms with E-state index in [1.165, 1.54) is 6.42 Å². The summed E-state index contributed by atoms with van der Waals surface area (Å²) in [7, 11) is 0. The van der Waals surface area contributed by atoms with E-state index in [2.05, 4.69) is 20.8 Å². The molecule has 2 nitrogen and oxygen atoms in total. The van der Waals surface area contributed by atoms with Crippen molar-refractivity contribution in [2.75, 3.05) is 0 Å². The van der Waals surface area contributed by atoms with Gasteiger partial charge in [0.05, 0.1) is 6.10 Å². The molecule has 1 aliphatic carbocycles. The number of aliphatic hydroxyl groups is 1. The van der Waals surface area contributed by atoms with E-state index in [-0.39, 0.29) is 11.6 Å². The van der Waals surface area contributed by atoms with Crippen LogP contribution in [0, 0.1) is 5.41 Å². The molecule has 0 aromatic rings. The first kappa shape index (κ1) is 12.0. The Kier molecular flexibility index (Phi) is 3.59. The molecule has 0 aromatic heterocycles. The van der Waals surface area contributed by atoms with Crippen LogP contribution in [0.2, 0.25) is 0 Å². The third-order valence-corrected chi connectivity index (χ3v) is 3.32. The minimum absolute atomic E-state index is 0.00646. The van der Waals surface area contributed by atoms with Gasteiger partial charge in [-0.15, -0.1) is 0 Å². The molecule has 0 amide bonds. The molecule has 1 fully saturated rings. The highest BCUT2D eigenvalue weighted by Crippen LogP contribution is 2.33. The van der Waals surface area contributed by atoms with Gasteiger partial charge in [0, 0.05) is 5.54 Å². The summed E-state index contributed by atoms with van der Waals surface area (Å²) in [6, 6.07) is 0. The molecule has 1 saturated carbocycles. The summed E-state index contributed by atoms with van der Waals surface area (Å²) >= 11 is 0. The zero-order valence-corrected chi connectivity index (χ0v) is 9.84. The Balaban J connectivity index is 2.36. The lowest BCUT2D eigenvalue weighted by Gasteiger charge is -2.37. The summed E-state index contributed by atoms with van der Waals surface area (Å²) in [5, 5.41) is 9.41. The third-order valence-electron chi connectivity index (χ3n) is 3.32. The molecule has 1 aliphatic rings. The number of nitrogens with two attached hydrogens (primary N) is 1. The van der Waals surface area contributed by atoms with E-state index in [0.29, 0.717) is 5.41 Å². The average molecular weight is 199 g/mol. The zero-order chi connectivity index (χ0) is 10.8. The van der Waals surface area contributed by atoms with Crippen molar-refractivity contribution in [2.24, 2.45) is 11.1 Å². The maximum atomic E-state index is 9.41. The maximum Gasteiger partial charge on any atom is 0.0541 e. The van der Waals surface area contributed by atoms with Crippen LogP contribution < -0.4 is 5.73 Å². The monoisotopic (exact) mass is 199 g/mol. The van der Waals surface area contributed by atoms with Crippen LogP contribution in [-0.4, -0.2) is 16.7 Å². The Hall–Kier alpha value is -0.0800. The van der Waals surface area contributed by atoms with Crippen LogP contribution in [0.25, 0.3) is 0 Å². The lowest BCUT2D eigenvalue weighted by Crippen LogP contribution is -2.44. The topological polar surface area (TPSA) is 46.2 Å². The summed E-state index contributed by atoms with van der Waals surface area (Å²) in [5.74, 6) is 0. The SMILES string of the molecule is CC(C)(C)CCC1(N)CCC(O)CC1. The Bertz CT molecular complexity index is 175. The van der Waals surface area contributed by atoms with Crippen molar-refractivity contribution in [3.8, 4) is 0 Å². The van der Waals surface area contributed by atoms with Gasteiger partial charge < -0.3 is 10.8 Å². The fourth-order valence-electron chi connectivity index (χ4n) is 2.05. The predicted octanol–water partition coefficient (Wildman–Crippen LogP) is 2.45. The quantitative estimate of drug-likeness (QED) is 0.717. The van der Waals surface area contributed by atoms with Crippen LogP contribution in [-0.2, 0) is 0 Å². The summed E-state index contributed by atoms with van der Waals surface area (Å²) in [6.45, 7) is 6.77. The van der Waals surface area contributed by atoms with Gasteiger partial charge in [0.1, 0.15) is 0 Å². The van der Waals surface area contributed by atoms with Gasteiger partial charge in [-0.2, -0.15) is 0 Å². The van der Waals surface area contributed by atoms with Gasteiger partial charge in [0.2, 0.25) is 0 Å². The van der Waals surface area contributed by atoms with Gasteiger partial charge >= 0.3 is 0 Å². The van der Waals surface area contributed by atoms with Gasteiger partial charge in [-0.1, -0.05) is 20.8 Å². The van der Waals surface area contributed by atoms with E-state index >= 15 is 0 Å². The molecule has 0 unspecified atom stereocenters. The second kappa shape index (κ2) is 4.19. The fraction of sp³-hybridized carbons (Fsp3) is 1.00. The molecule has 0 saturated heterocycles. The van der Waals surface area contributed by atoms with E-state index in [1.54, 1.807) is 0 Å². The highest BCUT2D eigenvalue weighted by Gasteiger charge is 2.31. The molecular weight excluding hydrogens is 174 g/mol. The van der Waals surface area contributed by atoms with Crippen LogP contribution in [0.4, 0.5) is 0 Å². The molecule has 0 bridgehead atoms. The van der Waals surface area contributed by atoms with Crippen molar-refractivity contribution in [1.29, 1.82) is 0 Å². The smallest absolute Gasteiger partial charge is 0.0541 e. The molecule has 1 rings (SSSR count). The molecule has 3 N–H and O–H groups in total. The Morgan fingerprint density at radius 3 is 2.21 bits per heavy atom. The van der Waals surface area contributed by atoms with E-state index in [1.807, 2.05) is 0 Å². The summed E-state index contributed by atoms with van der Waals surface area (Å²) < 4.78 is 0. The number of rotatable bonds is 2. The van der Waals surface area contributed by atoms with Crippen molar-refractivity contribution in [1.82, 2.24) is 0 Å². The molecule has 14 heavy (non-hydrogen) atoms. The van der Waals surface area contributed by atoms with Gasteiger partial charge in [-0.3, -0.25) is 0 Å². The average Bonchev–Trinajstić information content (AvgIpc) is 2.07. The first-order chi connectivity index (χ1) is 6.31. The van der Waals surface area contributed by atoms with E-state index in [0.717, 1.165) is 32.1 Å². The van der Waals surface area contributed by atoms with Gasteiger partial charge in [0.25, 0.3) is 0 Å². The lowest BCUT2D eigenvalue weighted by molar-refractivity contribution is 0.0899. The second-order valence-corrected chi connectivity index (χ2v) is 6.15. The number of hydrogen-bond donors (Lipinski definition) is 2. The van der Waals surface area contributed by atoms with Crippen LogP contribution in [0.3, 0.4) is 0 Å². The van der Waals surface area contributed by atoms with E-state index in [9.17, 15) is 5.11 Å². The largest absolute Gasteiger partial charge is 0.393 e. The van der Waals surface area contributed by atoms with Crippen molar-refractivity contribution in [2.45, 2.75) is 70.9 Å². The standard InChI is InChI=1S/C12H25NO/c1-11(2,3)8-9-12(13)6-4-10(14)5-7-12/h10,14H,4-9,13H2,1-3H3. The lowest BCUT2D eigenvalue weighted by atomic mass is 9.75. The molecular formula is C12H25NO. The number of aliphatic hydroxyl groups excluding tert-OH is 1. The van der Waals surface area contributed by atoms with Crippen LogP contribution in [0.1, 0.15) is 59.3 Å². The molecule has 0 spiro atoms. The molecule has 0 aromatic carbocycles.